The van der Waals surface area contributed by atoms with E-state index in [1.807, 2.05) is 0 Å². The maximum Gasteiger partial charge on any atom is 0.342 e. The van der Waals surface area contributed by atoms with E-state index in [-0.39, 0.29) is 95.2 Å². The van der Waals surface area contributed by atoms with Gasteiger partial charge in [-0.25, -0.2) is 9.37 Å². The van der Waals surface area contributed by atoms with Gasteiger partial charge in [0.25, 0.3) is 23.6 Å². The number of benzene rings is 2. The van der Waals surface area contributed by atoms with Gasteiger partial charge in [-0.2, -0.15) is 13.8 Å². The first-order valence-electron chi connectivity index (χ1n) is 21.2. The Kier molecular flexibility index (Phi) is 12.2. The molecule has 3 aromatic rings. The van der Waals surface area contributed by atoms with Crippen molar-refractivity contribution in [3.8, 4) is 11.5 Å². The predicted octanol–water partition coefficient (Wildman–Crippen LogP) is 3.71. The smallest absolute Gasteiger partial charge is 0.342 e. The summed E-state index contributed by atoms with van der Waals surface area (Å²) >= 11 is 0. The standard InChI is InChI=1S/C43H46F3N9O9/c1-52-30-21-47-42(51-36(30)54(24-7-3-4-8-24)22-43(45,46)41(52)62)49-28-20-27(44)26(19-32(28)63-2)37(58)48-23-14-16-53(17-15-23)34(57)11-6-18-64-31-10-5-9-25-35(31)40(61)55(39(25)60)29-12-13-33(56)50-38(29)59/h5,9-10,19-21,23-24,29H,3-4,6-8,11-18,22H2,1-2H3,(H,48,58)(H,47,49,51)(H,50,56,59). The first-order chi connectivity index (χ1) is 30.6. The highest BCUT2D eigenvalue weighted by Crippen LogP contribution is 2.40. The number of carbonyl (C=O) groups excluding carboxylic acids is 7. The average Bonchev–Trinajstić information content (AvgIpc) is 3.89. The molecule has 5 aliphatic rings. The average molecular weight is 890 g/mol. The molecular formula is C43H46F3N9O9. The largest absolute Gasteiger partial charge is 0.495 e. The van der Waals surface area contributed by atoms with Crippen molar-refractivity contribution in [2.24, 2.45) is 0 Å². The number of anilines is 4. The predicted molar refractivity (Wildman–Crippen MR) is 221 cm³/mol. The second-order valence-electron chi connectivity index (χ2n) is 16.4. The number of nitrogens with zero attached hydrogens (tertiary/aromatic N) is 6. The van der Waals surface area contributed by atoms with E-state index < -0.39 is 59.8 Å². The molecule has 0 bridgehead atoms. The zero-order chi connectivity index (χ0) is 45.4. The summed E-state index contributed by atoms with van der Waals surface area (Å²) in [5.41, 5.74) is -0.0118. The van der Waals surface area contributed by atoms with Gasteiger partial charge in [-0.15, -0.1) is 0 Å². The van der Waals surface area contributed by atoms with Crippen LogP contribution in [0.4, 0.5) is 36.3 Å². The number of piperidine rings is 2. The molecule has 64 heavy (non-hydrogen) atoms. The molecule has 18 nitrogen and oxygen atoms in total. The number of ether oxygens (including phenoxy) is 2. The van der Waals surface area contributed by atoms with Crippen LogP contribution in [0.25, 0.3) is 0 Å². The molecule has 1 atom stereocenters. The summed E-state index contributed by atoms with van der Waals surface area (Å²) in [6, 6.07) is 5.08. The summed E-state index contributed by atoms with van der Waals surface area (Å²) in [5, 5.41) is 7.88. The summed E-state index contributed by atoms with van der Waals surface area (Å²) < 4.78 is 57.0. The second kappa shape index (κ2) is 17.8. The van der Waals surface area contributed by atoms with Gasteiger partial charge >= 0.3 is 5.92 Å². The van der Waals surface area contributed by atoms with E-state index in [9.17, 15) is 33.6 Å². The van der Waals surface area contributed by atoms with Gasteiger partial charge in [0.05, 0.1) is 48.8 Å². The fourth-order valence-corrected chi connectivity index (χ4v) is 8.92. The van der Waals surface area contributed by atoms with E-state index in [0.29, 0.717) is 45.2 Å². The first kappa shape index (κ1) is 43.8. The van der Waals surface area contributed by atoms with Gasteiger partial charge in [0.2, 0.25) is 23.7 Å². The van der Waals surface area contributed by atoms with E-state index in [0.717, 1.165) is 28.7 Å². The van der Waals surface area contributed by atoms with Gasteiger partial charge in [-0.05, 0) is 56.7 Å². The molecule has 21 heteroatoms. The van der Waals surface area contributed by atoms with Crippen molar-refractivity contribution < 1.29 is 56.2 Å². The number of rotatable bonds is 12. The van der Waals surface area contributed by atoms with E-state index in [4.69, 9.17) is 9.47 Å². The van der Waals surface area contributed by atoms with Crippen LogP contribution < -0.4 is 35.2 Å². The Labute approximate surface area is 364 Å². The third-order valence-electron chi connectivity index (χ3n) is 12.3. The molecule has 0 spiro atoms. The minimum Gasteiger partial charge on any atom is -0.495 e. The van der Waals surface area contributed by atoms with Gasteiger partial charge in [-0.3, -0.25) is 43.8 Å². The number of alkyl halides is 2. The number of nitrogens with one attached hydrogen (secondary N) is 3. The highest BCUT2D eigenvalue weighted by molar-refractivity contribution is 6.24. The molecule has 1 aliphatic carbocycles. The third kappa shape index (κ3) is 8.49. The molecular weight excluding hydrogens is 844 g/mol. The number of fused-ring (bicyclic) bond motifs is 2. The summed E-state index contributed by atoms with van der Waals surface area (Å²) in [5.74, 6) is -9.00. The SMILES string of the molecule is COc1cc(C(=O)NC2CCN(C(=O)CCCOc3cccc4c3C(=O)N(C3CCC(=O)NC3=O)C4=O)CC2)c(F)cc1Nc1ncc2c(n1)N(C1CCCC1)CC(F)(F)C(=O)N2C. The lowest BCUT2D eigenvalue weighted by Gasteiger charge is -2.32. The van der Waals surface area contributed by atoms with Gasteiger partial charge in [-0.1, -0.05) is 18.9 Å². The van der Waals surface area contributed by atoms with Crippen LogP contribution in [0.5, 0.6) is 11.5 Å². The number of hydrogen-bond donors (Lipinski definition) is 3. The van der Waals surface area contributed by atoms with Gasteiger partial charge < -0.3 is 34.8 Å². The number of carbonyl (C=O) groups is 7. The molecule has 4 aliphatic heterocycles. The van der Waals surface area contributed by atoms with Crippen molar-refractivity contribution >= 4 is 64.5 Å². The van der Waals surface area contributed by atoms with Crippen LogP contribution in [0.15, 0.2) is 36.5 Å². The molecule has 8 rings (SSSR count). The summed E-state index contributed by atoms with van der Waals surface area (Å²) in [6.07, 6.45) is 5.51. The van der Waals surface area contributed by atoms with Crippen molar-refractivity contribution in [1.29, 1.82) is 0 Å². The number of imide groups is 2. The molecule has 0 radical (unpaired) electrons. The number of aromatic nitrogens is 2. The van der Waals surface area contributed by atoms with E-state index in [1.54, 1.807) is 11.0 Å². The Balaban J connectivity index is 0.835. The summed E-state index contributed by atoms with van der Waals surface area (Å²) in [6.45, 7) is -0.127. The maximum atomic E-state index is 15.6. The molecule has 2 saturated heterocycles. The summed E-state index contributed by atoms with van der Waals surface area (Å²) in [7, 11) is 2.57. The molecule has 5 heterocycles. The van der Waals surface area contributed by atoms with Gasteiger partial charge in [0, 0.05) is 51.1 Å². The van der Waals surface area contributed by atoms with Crippen molar-refractivity contribution in [3.05, 3.63) is 59.0 Å². The monoisotopic (exact) mass is 889 g/mol. The minimum atomic E-state index is -3.66. The Morgan fingerprint density at radius 3 is 2.45 bits per heavy atom. The zero-order valence-electron chi connectivity index (χ0n) is 35.1. The fraction of sp³-hybridized carbons (Fsp3) is 0.465. The number of methoxy groups -OCH3 is 1. The molecule has 1 unspecified atom stereocenters. The van der Waals surface area contributed by atoms with Crippen molar-refractivity contribution in [3.63, 3.8) is 0 Å². The fourth-order valence-electron chi connectivity index (χ4n) is 8.92. The van der Waals surface area contributed by atoms with Gasteiger partial charge in [0.15, 0.2) is 5.82 Å². The Bertz CT molecular complexity index is 2420. The normalized spacial score (nSPS) is 20.2. The molecule has 3 fully saturated rings. The quantitative estimate of drug-likeness (QED) is 0.175. The minimum absolute atomic E-state index is 0.00504. The lowest BCUT2D eigenvalue weighted by atomic mass is 10.0. The molecule has 1 aromatic heterocycles. The summed E-state index contributed by atoms with van der Waals surface area (Å²) in [4.78, 5) is 103. The maximum absolute atomic E-state index is 15.6. The Morgan fingerprint density at radius 2 is 1.73 bits per heavy atom. The molecule has 338 valence electrons. The van der Waals surface area contributed by atoms with E-state index >= 15 is 13.2 Å². The highest BCUT2D eigenvalue weighted by Gasteiger charge is 2.49. The highest BCUT2D eigenvalue weighted by atomic mass is 19.3. The lowest BCUT2D eigenvalue weighted by molar-refractivity contribution is -0.140. The van der Waals surface area contributed by atoms with Crippen LogP contribution in [0.1, 0.15) is 95.3 Å². The number of halogens is 3. The van der Waals surface area contributed by atoms with Crippen LogP contribution in [0, 0.1) is 5.82 Å². The number of hydrogen-bond acceptors (Lipinski definition) is 13. The van der Waals surface area contributed by atoms with Crippen LogP contribution >= 0.6 is 0 Å². The number of likely N-dealkylation sites (tertiary alicyclic amines) is 1. The van der Waals surface area contributed by atoms with Gasteiger partial charge in [0.1, 0.15) is 29.0 Å². The Hall–Kier alpha value is -6.80. The Morgan fingerprint density at radius 1 is 0.984 bits per heavy atom. The van der Waals surface area contributed by atoms with Crippen LogP contribution in [-0.2, 0) is 19.2 Å². The van der Waals surface area contributed by atoms with Crippen molar-refractivity contribution in [2.75, 3.05) is 55.5 Å². The van der Waals surface area contributed by atoms with E-state index in [1.165, 1.54) is 43.5 Å². The van der Waals surface area contributed by atoms with Crippen LogP contribution in [0.3, 0.4) is 0 Å². The number of amides is 7. The van der Waals surface area contributed by atoms with Crippen molar-refractivity contribution in [1.82, 2.24) is 30.4 Å². The van der Waals surface area contributed by atoms with E-state index in [2.05, 4.69) is 25.9 Å². The topological polar surface area (TPSA) is 213 Å². The lowest BCUT2D eigenvalue weighted by Crippen LogP contribution is -2.54. The molecule has 7 amide bonds. The zero-order valence-corrected chi connectivity index (χ0v) is 35.1. The van der Waals surface area contributed by atoms with Crippen molar-refractivity contribution in [2.45, 2.75) is 88.3 Å². The molecule has 3 N–H and O–H groups in total. The second-order valence-corrected chi connectivity index (χ2v) is 16.4. The third-order valence-corrected chi connectivity index (χ3v) is 12.3. The van der Waals surface area contributed by atoms with Crippen LogP contribution in [0.2, 0.25) is 0 Å². The van der Waals surface area contributed by atoms with Crippen LogP contribution in [-0.4, -0.2) is 126 Å². The molecule has 1 saturated carbocycles. The molecule has 2 aromatic carbocycles. The first-order valence-corrected chi connectivity index (χ1v) is 21.2.